The van der Waals surface area contributed by atoms with Gasteiger partial charge >= 0.3 is 11.9 Å². The molecule has 1 aromatic heterocycles. The molecule has 6 heteroatoms. The molecule has 0 saturated heterocycles. The van der Waals surface area contributed by atoms with Crippen LogP contribution in [0.25, 0.3) is 11.0 Å². The number of benzene rings is 1. The van der Waals surface area contributed by atoms with Gasteiger partial charge in [0.05, 0.1) is 13.2 Å². The normalized spacial score (nSPS) is 13.6. The highest BCUT2D eigenvalue weighted by Crippen LogP contribution is 2.42. The lowest BCUT2D eigenvalue weighted by Gasteiger charge is -2.28. The van der Waals surface area contributed by atoms with Crippen LogP contribution in [0.2, 0.25) is 0 Å². The van der Waals surface area contributed by atoms with E-state index < -0.39 is 16.7 Å². The van der Waals surface area contributed by atoms with Crippen molar-refractivity contribution in [1.29, 1.82) is 0 Å². The summed E-state index contributed by atoms with van der Waals surface area (Å²) in [6.07, 6.45) is 13.9. The number of rotatable bonds is 15. The van der Waals surface area contributed by atoms with Crippen LogP contribution in [0.1, 0.15) is 103 Å². The molecule has 3 rings (SSSR count). The van der Waals surface area contributed by atoms with Gasteiger partial charge in [0, 0.05) is 22.3 Å². The zero-order valence-electron chi connectivity index (χ0n) is 21.8. The molecular formula is C29H42O5S. The second-order valence-corrected chi connectivity index (χ2v) is 10.8. The first-order chi connectivity index (χ1) is 17.1. The van der Waals surface area contributed by atoms with Crippen molar-refractivity contribution >= 4 is 34.7 Å². The Labute approximate surface area is 214 Å². The predicted octanol–water partition coefficient (Wildman–Crippen LogP) is 7.80. The van der Waals surface area contributed by atoms with Gasteiger partial charge in [-0.15, -0.1) is 0 Å². The number of thioether (sulfide) groups is 1. The van der Waals surface area contributed by atoms with E-state index in [4.69, 9.17) is 13.9 Å². The number of carbonyl (C=O) groups excluding carboxylic acids is 2. The first-order valence-corrected chi connectivity index (χ1v) is 14.4. The van der Waals surface area contributed by atoms with Crippen molar-refractivity contribution in [2.45, 2.75) is 114 Å². The molecule has 1 aliphatic carbocycles. The molecule has 0 aliphatic heterocycles. The Balaban J connectivity index is 1.79. The van der Waals surface area contributed by atoms with E-state index >= 15 is 0 Å². The van der Waals surface area contributed by atoms with Gasteiger partial charge in [-0.1, -0.05) is 70.1 Å². The summed E-state index contributed by atoms with van der Waals surface area (Å²) in [5.41, 5.74) is 2.14. The first kappa shape index (κ1) is 27.6. The Hall–Kier alpha value is -1.95. The van der Waals surface area contributed by atoms with Crippen LogP contribution in [0, 0.1) is 0 Å². The maximum absolute atomic E-state index is 13.3. The van der Waals surface area contributed by atoms with E-state index in [0.717, 1.165) is 60.1 Å². The van der Waals surface area contributed by atoms with Crippen molar-refractivity contribution in [3.05, 3.63) is 29.5 Å². The zero-order valence-corrected chi connectivity index (χ0v) is 22.6. The molecule has 194 valence electrons. The highest BCUT2D eigenvalue weighted by molar-refractivity contribution is 8.02. The molecule has 2 aromatic rings. The first-order valence-electron chi connectivity index (χ1n) is 13.6. The molecule has 1 aromatic carbocycles. The zero-order chi connectivity index (χ0) is 25.1. The van der Waals surface area contributed by atoms with Crippen molar-refractivity contribution < 1.29 is 23.5 Å². The van der Waals surface area contributed by atoms with Crippen LogP contribution in [0.4, 0.5) is 0 Å². The third-order valence-corrected chi connectivity index (χ3v) is 8.19. The Kier molecular flexibility index (Phi) is 11.0. The van der Waals surface area contributed by atoms with E-state index in [1.807, 2.05) is 12.1 Å². The van der Waals surface area contributed by atoms with Gasteiger partial charge in [-0.3, -0.25) is 0 Å². The molecule has 0 spiro atoms. The molecule has 5 nitrogen and oxygen atoms in total. The minimum Gasteiger partial charge on any atom is -0.465 e. The molecule has 0 N–H and O–H groups in total. The molecule has 1 heterocycles. The van der Waals surface area contributed by atoms with Crippen molar-refractivity contribution in [2.24, 2.45) is 0 Å². The summed E-state index contributed by atoms with van der Waals surface area (Å²) >= 11 is 1.26. The second-order valence-electron chi connectivity index (χ2n) is 9.46. The number of furan rings is 1. The van der Waals surface area contributed by atoms with Crippen LogP contribution >= 0.6 is 11.8 Å². The molecule has 0 bridgehead atoms. The standard InChI is InChI=1S/C29H42O5S/c1-4-7-8-9-10-11-12-15-20-29(27(30)32-5-2,28(31)33-6-3)35-22-18-19-24-23-16-13-14-17-25(23)34-26(24)21-22/h18-19,21H,4-17,20H2,1-3H3. The monoisotopic (exact) mass is 502 g/mol. The number of fused-ring (bicyclic) bond motifs is 3. The average molecular weight is 503 g/mol. The lowest BCUT2D eigenvalue weighted by atomic mass is 9.96. The SMILES string of the molecule is CCCCCCCCCCC(Sc1ccc2c3c(oc2c1)CCCC3)(C(=O)OCC)C(=O)OCC. The van der Waals surface area contributed by atoms with Gasteiger partial charge in [0.2, 0.25) is 4.75 Å². The van der Waals surface area contributed by atoms with Crippen LogP contribution in [0.15, 0.2) is 27.5 Å². The Morgan fingerprint density at radius 2 is 1.51 bits per heavy atom. The topological polar surface area (TPSA) is 65.7 Å². The summed E-state index contributed by atoms with van der Waals surface area (Å²) in [6.45, 7) is 6.21. The highest BCUT2D eigenvalue weighted by Gasteiger charge is 2.49. The van der Waals surface area contributed by atoms with Crippen molar-refractivity contribution in [2.75, 3.05) is 13.2 Å². The van der Waals surface area contributed by atoms with Crippen LogP contribution < -0.4 is 0 Å². The number of esters is 2. The Morgan fingerprint density at radius 3 is 2.17 bits per heavy atom. The van der Waals surface area contributed by atoms with Gasteiger partial charge in [0.25, 0.3) is 0 Å². The molecule has 0 saturated carbocycles. The number of ether oxygens (including phenoxy) is 2. The van der Waals surface area contributed by atoms with Crippen molar-refractivity contribution in [3.63, 3.8) is 0 Å². The third kappa shape index (κ3) is 7.05. The number of unbranched alkanes of at least 4 members (excludes halogenated alkanes) is 7. The molecular weight excluding hydrogens is 460 g/mol. The molecule has 0 radical (unpaired) electrons. The minimum absolute atomic E-state index is 0.224. The Morgan fingerprint density at radius 1 is 0.886 bits per heavy atom. The van der Waals surface area contributed by atoms with E-state index in [1.54, 1.807) is 13.8 Å². The van der Waals surface area contributed by atoms with Gasteiger partial charge in [-0.05, 0) is 57.7 Å². The van der Waals surface area contributed by atoms with Gasteiger partial charge in [-0.25, -0.2) is 9.59 Å². The van der Waals surface area contributed by atoms with Crippen LogP contribution in [0.5, 0.6) is 0 Å². The van der Waals surface area contributed by atoms with E-state index in [-0.39, 0.29) is 13.2 Å². The van der Waals surface area contributed by atoms with Crippen molar-refractivity contribution in [3.8, 4) is 0 Å². The molecule has 0 fully saturated rings. The van der Waals surface area contributed by atoms with Gasteiger partial charge in [0.15, 0.2) is 0 Å². The van der Waals surface area contributed by atoms with E-state index in [2.05, 4.69) is 13.0 Å². The molecule has 0 amide bonds. The fraction of sp³-hybridized carbons (Fsp3) is 0.655. The highest BCUT2D eigenvalue weighted by atomic mass is 32.2. The molecule has 35 heavy (non-hydrogen) atoms. The third-order valence-electron chi connectivity index (χ3n) is 6.81. The quantitative estimate of drug-likeness (QED) is 0.107. The second kappa shape index (κ2) is 14.0. The predicted molar refractivity (Wildman–Crippen MR) is 142 cm³/mol. The number of hydrogen-bond acceptors (Lipinski definition) is 6. The van der Waals surface area contributed by atoms with Crippen LogP contribution in [-0.2, 0) is 31.9 Å². The number of aryl methyl sites for hydroxylation is 2. The number of hydrogen-bond donors (Lipinski definition) is 0. The summed E-state index contributed by atoms with van der Waals surface area (Å²) in [5, 5.41) is 1.14. The maximum Gasteiger partial charge on any atom is 0.334 e. The average Bonchev–Trinajstić information content (AvgIpc) is 3.23. The summed E-state index contributed by atoms with van der Waals surface area (Å²) in [7, 11) is 0. The number of carbonyl (C=O) groups is 2. The minimum atomic E-state index is -1.41. The van der Waals surface area contributed by atoms with Gasteiger partial charge < -0.3 is 13.9 Å². The summed E-state index contributed by atoms with van der Waals surface area (Å²) < 4.78 is 15.6. The lowest BCUT2D eigenvalue weighted by molar-refractivity contribution is -0.159. The van der Waals surface area contributed by atoms with Gasteiger partial charge in [-0.2, -0.15) is 0 Å². The lowest BCUT2D eigenvalue weighted by Crippen LogP contribution is -2.46. The van der Waals surface area contributed by atoms with E-state index in [0.29, 0.717) is 6.42 Å². The molecule has 0 atom stereocenters. The summed E-state index contributed by atoms with van der Waals surface area (Å²) in [5.74, 6) is 0.0600. The Bertz CT molecular complexity index is 945. The molecule has 0 unspecified atom stereocenters. The van der Waals surface area contributed by atoms with Crippen molar-refractivity contribution in [1.82, 2.24) is 0 Å². The largest absolute Gasteiger partial charge is 0.465 e. The smallest absolute Gasteiger partial charge is 0.334 e. The summed E-state index contributed by atoms with van der Waals surface area (Å²) in [6, 6.07) is 6.04. The van der Waals surface area contributed by atoms with E-state index in [1.165, 1.54) is 55.9 Å². The maximum atomic E-state index is 13.3. The van der Waals surface area contributed by atoms with E-state index in [9.17, 15) is 9.59 Å². The van der Waals surface area contributed by atoms with Gasteiger partial charge in [0.1, 0.15) is 11.3 Å². The van der Waals surface area contributed by atoms with Crippen LogP contribution in [0.3, 0.4) is 0 Å². The molecule has 1 aliphatic rings. The summed E-state index contributed by atoms with van der Waals surface area (Å²) in [4.78, 5) is 27.4. The fourth-order valence-electron chi connectivity index (χ4n) is 4.93. The van der Waals surface area contributed by atoms with Crippen LogP contribution in [-0.4, -0.2) is 29.9 Å². The fourth-order valence-corrected chi connectivity index (χ4v) is 6.17.